The number of amides is 1. The average molecular weight is 388 g/mol. The topological polar surface area (TPSA) is 46.1 Å². The number of rotatable bonds is 3. The fourth-order valence-corrected chi connectivity index (χ4v) is 4.44. The number of fused-ring (bicyclic) bond motifs is 2. The van der Waals surface area contributed by atoms with E-state index in [4.69, 9.17) is 11.6 Å². The molecule has 0 fully saturated rings. The summed E-state index contributed by atoms with van der Waals surface area (Å²) in [6, 6.07) is 8.23. The molecule has 0 saturated heterocycles. The summed E-state index contributed by atoms with van der Waals surface area (Å²) in [6.07, 6.45) is 2.62. The number of aryl methyl sites for hydroxylation is 1. The Labute approximate surface area is 159 Å². The number of thioether (sulfide) groups is 1. The van der Waals surface area contributed by atoms with Gasteiger partial charge in [-0.15, -0.1) is 11.8 Å². The Balaban J connectivity index is 1.75. The molecule has 1 aromatic carbocycles. The summed E-state index contributed by atoms with van der Waals surface area (Å²) in [5.74, 6) is 0.475. The van der Waals surface area contributed by atoms with Crippen molar-refractivity contribution in [2.75, 3.05) is 10.7 Å². The summed E-state index contributed by atoms with van der Waals surface area (Å²) in [4.78, 5) is 23.6. The molecule has 0 N–H and O–H groups in total. The lowest BCUT2D eigenvalue weighted by atomic mass is 10.1. The number of hydrogen-bond acceptors (Lipinski definition) is 4. The van der Waals surface area contributed by atoms with Crippen LogP contribution in [0, 0.1) is 5.82 Å². The number of halogens is 2. The molecule has 0 unspecified atom stereocenters. The van der Waals surface area contributed by atoms with Crippen LogP contribution in [0.4, 0.5) is 10.1 Å². The molecule has 1 amide bonds. The SMILES string of the molecule is CC(=O)N(Cc1cc(F)c2ccc(Cl)nc2c1)c1ccnc2c1SCC2. The van der Waals surface area contributed by atoms with Crippen molar-refractivity contribution in [3.8, 4) is 0 Å². The Morgan fingerprint density at radius 2 is 2.19 bits per heavy atom. The number of nitrogens with zero attached hydrogens (tertiary/aromatic N) is 3. The lowest BCUT2D eigenvalue weighted by molar-refractivity contribution is -0.116. The molecule has 0 radical (unpaired) electrons. The van der Waals surface area contributed by atoms with Crippen molar-refractivity contribution >= 4 is 45.9 Å². The van der Waals surface area contributed by atoms with Gasteiger partial charge < -0.3 is 4.90 Å². The predicted molar refractivity (Wildman–Crippen MR) is 102 cm³/mol. The van der Waals surface area contributed by atoms with Crippen LogP contribution in [0.1, 0.15) is 18.2 Å². The first kappa shape index (κ1) is 17.2. The van der Waals surface area contributed by atoms with Gasteiger partial charge in [-0.05, 0) is 35.9 Å². The third-order valence-electron chi connectivity index (χ3n) is 4.34. The smallest absolute Gasteiger partial charge is 0.224 e. The number of hydrogen-bond donors (Lipinski definition) is 0. The van der Waals surface area contributed by atoms with Gasteiger partial charge in [-0.2, -0.15) is 0 Å². The molecule has 1 aliphatic rings. The second-order valence-electron chi connectivity index (χ2n) is 6.09. The molecular weight excluding hydrogens is 373 g/mol. The molecule has 26 heavy (non-hydrogen) atoms. The first-order chi connectivity index (χ1) is 12.5. The first-order valence-electron chi connectivity index (χ1n) is 8.16. The molecule has 132 valence electrons. The van der Waals surface area contributed by atoms with Crippen LogP contribution in [-0.2, 0) is 17.8 Å². The van der Waals surface area contributed by atoms with Gasteiger partial charge in [0.2, 0.25) is 5.91 Å². The summed E-state index contributed by atoms with van der Waals surface area (Å²) in [5.41, 5.74) is 2.97. The summed E-state index contributed by atoms with van der Waals surface area (Å²) < 4.78 is 14.5. The fourth-order valence-electron chi connectivity index (χ4n) is 3.14. The normalized spacial score (nSPS) is 13.0. The van der Waals surface area contributed by atoms with E-state index in [0.717, 1.165) is 28.5 Å². The van der Waals surface area contributed by atoms with Crippen LogP contribution in [0.15, 0.2) is 41.4 Å². The summed E-state index contributed by atoms with van der Waals surface area (Å²) >= 11 is 7.63. The highest BCUT2D eigenvalue weighted by Gasteiger charge is 2.23. The van der Waals surface area contributed by atoms with Crippen molar-refractivity contribution in [1.29, 1.82) is 0 Å². The number of aromatic nitrogens is 2. The third-order valence-corrected chi connectivity index (χ3v) is 5.69. The third kappa shape index (κ3) is 3.15. The highest BCUT2D eigenvalue weighted by molar-refractivity contribution is 7.99. The maximum absolute atomic E-state index is 14.5. The van der Waals surface area contributed by atoms with Crippen LogP contribution in [-0.4, -0.2) is 21.6 Å². The fraction of sp³-hybridized carbons (Fsp3) is 0.211. The number of carbonyl (C=O) groups is 1. The largest absolute Gasteiger partial charge is 0.307 e. The molecule has 0 saturated carbocycles. The second-order valence-corrected chi connectivity index (χ2v) is 7.58. The molecule has 4 rings (SSSR count). The van der Waals surface area contributed by atoms with E-state index in [9.17, 15) is 9.18 Å². The number of carbonyl (C=O) groups excluding carboxylic acids is 1. The minimum absolute atomic E-state index is 0.106. The van der Waals surface area contributed by atoms with E-state index < -0.39 is 0 Å². The van der Waals surface area contributed by atoms with Gasteiger partial charge in [0.25, 0.3) is 0 Å². The number of benzene rings is 1. The van der Waals surface area contributed by atoms with Crippen LogP contribution in [0.3, 0.4) is 0 Å². The molecule has 0 atom stereocenters. The lowest BCUT2D eigenvalue weighted by Crippen LogP contribution is -2.28. The van der Waals surface area contributed by atoms with Crippen LogP contribution < -0.4 is 4.90 Å². The molecule has 7 heteroatoms. The van der Waals surface area contributed by atoms with Crippen LogP contribution in [0.2, 0.25) is 5.15 Å². The van der Waals surface area contributed by atoms with E-state index in [2.05, 4.69) is 9.97 Å². The molecule has 0 aliphatic carbocycles. The van der Waals surface area contributed by atoms with Gasteiger partial charge in [0, 0.05) is 30.7 Å². The summed E-state index contributed by atoms with van der Waals surface area (Å²) in [7, 11) is 0. The van der Waals surface area contributed by atoms with Crippen LogP contribution in [0.25, 0.3) is 10.9 Å². The maximum atomic E-state index is 14.5. The molecule has 1 aliphatic heterocycles. The quantitative estimate of drug-likeness (QED) is 0.615. The Bertz CT molecular complexity index is 1030. The van der Waals surface area contributed by atoms with Gasteiger partial charge in [-0.3, -0.25) is 9.78 Å². The van der Waals surface area contributed by atoms with Crippen LogP contribution in [0.5, 0.6) is 0 Å². The van der Waals surface area contributed by atoms with Crippen molar-refractivity contribution in [3.05, 3.63) is 58.8 Å². The molecule has 2 aromatic heterocycles. The second kappa shape index (κ2) is 6.85. The Kier molecular flexibility index (Phi) is 4.54. The maximum Gasteiger partial charge on any atom is 0.224 e. The van der Waals surface area contributed by atoms with Gasteiger partial charge in [-0.25, -0.2) is 9.37 Å². The van der Waals surface area contributed by atoms with E-state index in [1.807, 2.05) is 6.07 Å². The van der Waals surface area contributed by atoms with Crippen molar-refractivity contribution in [1.82, 2.24) is 9.97 Å². The molecule has 3 aromatic rings. The monoisotopic (exact) mass is 387 g/mol. The zero-order valence-corrected chi connectivity index (χ0v) is 15.6. The minimum Gasteiger partial charge on any atom is -0.307 e. The zero-order chi connectivity index (χ0) is 18.3. The van der Waals surface area contributed by atoms with Gasteiger partial charge in [-0.1, -0.05) is 11.6 Å². The van der Waals surface area contributed by atoms with Gasteiger partial charge in [0.15, 0.2) is 0 Å². The molecule has 4 nitrogen and oxygen atoms in total. The number of pyridine rings is 2. The predicted octanol–water partition coefficient (Wildman–Crippen LogP) is 4.62. The molecule has 0 spiro atoms. The Morgan fingerprint density at radius 3 is 3.00 bits per heavy atom. The van der Waals surface area contributed by atoms with Crippen molar-refractivity contribution in [3.63, 3.8) is 0 Å². The summed E-state index contributed by atoms with van der Waals surface area (Å²) in [6.45, 7) is 1.77. The van der Waals surface area contributed by atoms with E-state index >= 15 is 0 Å². The highest BCUT2D eigenvalue weighted by atomic mass is 35.5. The first-order valence-corrected chi connectivity index (χ1v) is 9.53. The van der Waals surface area contributed by atoms with E-state index in [0.29, 0.717) is 21.6 Å². The Morgan fingerprint density at radius 1 is 1.35 bits per heavy atom. The van der Waals surface area contributed by atoms with Gasteiger partial charge in [0.05, 0.1) is 28.3 Å². The van der Waals surface area contributed by atoms with Crippen molar-refractivity contribution in [2.24, 2.45) is 0 Å². The van der Waals surface area contributed by atoms with Crippen LogP contribution >= 0.6 is 23.4 Å². The van der Waals surface area contributed by atoms with Crippen molar-refractivity contribution in [2.45, 2.75) is 24.8 Å². The number of anilines is 1. The standard InChI is InChI=1S/C19H15ClFN3OS/c1-11(25)24(17-4-6-22-15-5-7-26-19(15)17)10-12-8-14(21)13-2-3-18(20)23-16(13)9-12/h2-4,6,8-9H,5,7,10H2,1H3. The van der Waals surface area contributed by atoms with E-state index in [1.165, 1.54) is 13.0 Å². The minimum atomic E-state index is -0.375. The van der Waals surface area contributed by atoms with E-state index in [1.54, 1.807) is 41.1 Å². The molecule has 0 bridgehead atoms. The molecule has 3 heterocycles. The summed E-state index contributed by atoms with van der Waals surface area (Å²) in [5, 5.41) is 0.716. The van der Waals surface area contributed by atoms with E-state index in [-0.39, 0.29) is 18.3 Å². The lowest BCUT2D eigenvalue weighted by Gasteiger charge is -2.23. The average Bonchev–Trinajstić information content (AvgIpc) is 3.08. The van der Waals surface area contributed by atoms with Gasteiger partial charge >= 0.3 is 0 Å². The molecular formula is C19H15ClFN3OS. The highest BCUT2D eigenvalue weighted by Crippen LogP contribution is 2.38. The van der Waals surface area contributed by atoms with Crippen molar-refractivity contribution < 1.29 is 9.18 Å². The Hall–Kier alpha value is -2.18. The zero-order valence-electron chi connectivity index (χ0n) is 14.0. The van der Waals surface area contributed by atoms with Gasteiger partial charge in [0.1, 0.15) is 11.0 Å².